The van der Waals surface area contributed by atoms with E-state index in [1.807, 2.05) is 0 Å². The molecule has 128 valence electrons. The second-order valence-corrected chi connectivity index (χ2v) is 6.09. The average molecular weight is 409 g/mol. The van der Waals surface area contributed by atoms with Crippen LogP contribution in [-0.4, -0.2) is 35.5 Å². The minimum absolute atomic E-state index is 0. The van der Waals surface area contributed by atoms with Crippen molar-refractivity contribution in [1.82, 2.24) is 0 Å². The molecule has 0 aromatic carbocycles. The van der Waals surface area contributed by atoms with Crippen LogP contribution in [0.2, 0.25) is 0 Å². The number of hydrogen-bond acceptors (Lipinski definition) is 1. The van der Waals surface area contributed by atoms with Gasteiger partial charge < -0.3 is 5.11 Å². The third-order valence-electron chi connectivity index (χ3n) is 3.99. The van der Waals surface area contributed by atoms with E-state index in [0.29, 0.717) is 6.42 Å². The summed E-state index contributed by atoms with van der Waals surface area (Å²) in [6.45, 7) is 2.27. The Kier molecular flexibility index (Phi) is 22.8. The Morgan fingerprint density at radius 3 is 1.19 bits per heavy atom. The van der Waals surface area contributed by atoms with Crippen LogP contribution < -0.4 is 0 Å². The van der Waals surface area contributed by atoms with Gasteiger partial charge in [0.1, 0.15) is 0 Å². The molecule has 0 amide bonds. The van der Waals surface area contributed by atoms with E-state index in [1.54, 1.807) is 0 Å². The summed E-state index contributed by atoms with van der Waals surface area (Å²) < 4.78 is 0. The number of unbranched alkanes of at least 4 members (excludes halogenated alkanes) is 14. The molecule has 0 bridgehead atoms. The van der Waals surface area contributed by atoms with Gasteiger partial charge in [0.15, 0.2) is 0 Å². The molecule has 0 aliphatic heterocycles. The van der Waals surface area contributed by atoms with Crippen LogP contribution in [-0.2, 0) is 4.79 Å². The summed E-state index contributed by atoms with van der Waals surface area (Å²) in [6.07, 6.45) is 20.2. The third-order valence-corrected chi connectivity index (χ3v) is 3.99. The van der Waals surface area contributed by atoms with Crippen molar-refractivity contribution in [3.05, 3.63) is 0 Å². The van der Waals surface area contributed by atoms with E-state index in [0.717, 1.165) is 12.8 Å². The van der Waals surface area contributed by atoms with E-state index in [-0.39, 0.29) is 24.4 Å². The first-order chi connectivity index (χ1) is 9.77. The Morgan fingerprint density at radius 2 is 0.905 bits per heavy atom. The molecule has 0 aliphatic carbocycles. The second kappa shape index (κ2) is 20.3. The van der Waals surface area contributed by atoms with E-state index in [9.17, 15) is 4.79 Å². The van der Waals surface area contributed by atoms with Gasteiger partial charge in [0.25, 0.3) is 0 Å². The summed E-state index contributed by atoms with van der Waals surface area (Å²) in [4.78, 5) is 10.3. The molecule has 0 aromatic rings. The molecule has 0 saturated carbocycles. The number of aliphatic carboxylic acids is 1. The van der Waals surface area contributed by atoms with Crippen LogP contribution in [0.3, 0.4) is 0 Å². The first kappa shape index (κ1) is 23.6. The van der Waals surface area contributed by atoms with Crippen LogP contribution in [0, 0.1) is 0 Å². The van der Waals surface area contributed by atoms with E-state index >= 15 is 0 Å². The molecule has 0 saturated heterocycles. The number of rotatable bonds is 16. The topological polar surface area (TPSA) is 37.3 Å². The zero-order chi connectivity index (χ0) is 14.9. The Morgan fingerprint density at radius 1 is 0.619 bits per heavy atom. The third kappa shape index (κ3) is 22.7. The van der Waals surface area contributed by atoms with Crippen molar-refractivity contribution in [3.8, 4) is 0 Å². The number of carbonyl (C=O) groups is 1. The quantitative estimate of drug-likeness (QED) is 0.283. The van der Waals surface area contributed by atoms with Gasteiger partial charge in [0.2, 0.25) is 0 Å². The van der Waals surface area contributed by atoms with Crippen molar-refractivity contribution in [3.63, 3.8) is 0 Å². The molecule has 0 unspecified atom stereocenters. The molecular weight excluding hydrogens is 370 g/mol. The number of hydrogen-bond donors (Lipinski definition) is 1. The van der Waals surface area contributed by atoms with Crippen molar-refractivity contribution in [2.24, 2.45) is 0 Å². The zero-order valence-electron chi connectivity index (χ0n) is 14.4. The monoisotopic (exact) mass is 408 g/mol. The van der Waals surface area contributed by atoms with Crippen molar-refractivity contribution in [2.45, 2.75) is 110 Å². The van der Waals surface area contributed by atoms with E-state index in [2.05, 4.69) is 6.92 Å². The predicted octanol–water partition coefficient (Wildman–Crippen LogP) is 5.15. The molecule has 21 heavy (non-hydrogen) atoms. The van der Waals surface area contributed by atoms with E-state index in [4.69, 9.17) is 5.11 Å². The van der Waals surface area contributed by atoms with Crippen LogP contribution in [0.25, 0.3) is 0 Å². The summed E-state index contributed by atoms with van der Waals surface area (Å²) in [5.74, 6) is -0.653. The van der Waals surface area contributed by atoms with Crippen LogP contribution in [0.1, 0.15) is 110 Å². The molecule has 2 nitrogen and oxygen atoms in total. The molecule has 0 spiro atoms. The summed E-state index contributed by atoms with van der Waals surface area (Å²) in [6, 6.07) is 0. The molecule has 0 fully saturated rings. The van der Waals surface area contributed by atoms with Crippen molar-refractivity contribution >= 4 is 30.4 Å². The van der Waals surface area contributed by atoms with Crippen LogP contribution in [0.15, 0.2) is 0 Å². The van der Waals surface area contributed by atoms with Crippen LogP contribution >= 0.6 is 0 Å². The van der Waals surface area contributed by atoms with Gasteiger partial charge in [-0.15, -0.1) is 0 Å². The van der Waals surface area contributed by atoms with Gasteiger partial charge in [-0.1, -0.05) is 96.8 Å². The van der Waals surface area contributed by atoms with Gasteiger partial charge in [0, 0.05) is 6.42 Å². The van der Waals surface area contributed by atoms with Crippen LogP contribution in [0.4, 0.5) is 0 Å². The minimum atomic E-state index is -0.653. The molecule has 0 heterocycles. The Labute approximate surface area is 149 Å². The summed E-state index contributed by atoms with van der Waals surface area (Å²) in [5, 5.41) is 8.52. The molecule has 0 rings (SSSR count). The SMILES string of the molecule is CCCCCCCCCCCCCCCCCC(=O)O.[SbH3]. The second-order valence-electron chi connectivity index (χ2n) is 6.09. The first-order valence-electron chi connectivity index (χ1n) is 8.99. The van der Waals surface area contributed by atoms with Gasteiger partial charge in [-0.3, -0.25) is 4.79 Å². The normalized spacial score (nSPS) is 10.3. The first-order valence-corrected chi connectivity index (χ1v) is 8.99. The molecule has 0 radical (unpaired) electrons. The van der Waals surface area contributed by atoms with Gasteiger partial charge in [-0.05, 0) is 6.42 Å². The van der Waals surface area contributed by atoms with Crippen LogP contribution in [0.5, 0.6) is 0 Å². The van der Waals surface area contributed by atoms with Gasteiger partial charge in [-0.25, -0.2) is 0 Å². The molecule has 0 atom stereocenters. The van der Waals surface area contributed by atoms with E-state index < -0.39 is 5.97 Å². The van der Waals surface area contributed by atoms with Crippen molar-refractivity contribution in [2.75, 3.05) is 0 Å². The fraction of sp³-hybridized carbons (Fsp3) is 0.944. The number of carboxylic acid groups (broad SMARTS) is 1. The van der Waals surface area contributed by atoms with Crippen molar-refractivity contribution < 1.29 is 9.90 Å². The molecule has 3 heteroatoms. The standard InChI is InChI=1S/C18H36O2.Sb.3H/c1-2-3-4-5-6-7-8-9-10-11-12-13-14-15-16-17-18(19)20;;;;/h2-17H2,1H3,(H,19,20);;;;. The fourth-order valence-corrected chi connectivity index (χ4v) is 2.65. The summed E-state index contributed by atoms with van der Waals surface area (Å²) in [5.41, 5.74) is 0. The maximum atomic E-state index is 10.3. The predicted molar refractivity (Wildman–Crippen MR) is 97.1 cm³/mol. The summed E-state index contributed by atoms with van der Waals surface area (Å²) >= 11 is 0. The Hall–Kier alpha value is 0.288. The summed E-state index contributed by atoms with van der Waals surface area (Å²) in [7, 11) is 0. The Bertz CT molecular complexity index is 207. The zero-order valence-corrected chi connectivity index (χ0v) is 18.4. The van der Waals surface area contributed by atoms with Gasteiger partial charge in [0.05, 0.1) is 0 Å². The average Bonchev–Trinajstić information content (AvgIpc) is 2.43. The van der Waals surface area contributed by atoms with Gasteiger partial charge in [-0.2, -0.15) is 0 Å². The molecule has 1 N–H and O–H groups in total. The van der Waals surface area contributed by atoms with Crippen molar-refractivity contribution in [1.29, 1.82) is 0 Å². The number of carboxylic acids is 1. The molecule has 0 aliphatic rings. The van der Waals surface area contributed by atoms with E-state index in [1.165, 1.54) is 83.5 Å². The fourth-order valence-electron chi connectivity index (χ4n) is 2.65. The maximum absolute atomic E-state index is 10.3. The van der Waals surface area contributed by atoms with Gasteiger partial charge >= 0.3 is 30.4 Å². The Balaban J connectivity index is 0. The molecular formula is C18H39O2Sb. The molecule has 0 aromatic heterocycles.